The third-order valence-corrected chi connectivity index (χ3v) is 1.37. The molecular formula is C6H4NO2S. The molecule has 0 aromatic heterocycles. The first kappa shape index (κ1) is 7.08. The van der Waals surface area contributed by atoms with Gasteiger partial charge < -0.3 is 0 Å². The second kappa shape index (κ2) is 2.70. The van der Waals surface area contributed by atoms with Gasteiger partial charge in [-0.15, -0.1) is 12.6 Å². The molecule has 0 aliphatic heterocycles. The van der Waals surface area contributed by atoms with Crippen molar-refractivity contribution in [2.24, 2.45) is 0 Å². The van der Waals surface area contributed by atoms with Gasteiger partial charge in [0.25, 0.3) is 5.69 Å². The van der Waals surface area contributed by atoms with Crippen molar-refractivity contribution in [2.45, 2.75) is 4.90 Å². The van der Waals surface area contributed by atoms with Crippen LogP contribution in [0.4, 0.5) is 5.69 Å². The van der Waals surface area contributed by atoms with Gasteiger partial charge in [-0.25, -0.2) is 0 Å². The molecule has 0 bridgehead atoms. The average Bonchev–Trinajstić information content (AvgIpc) is 1.88. The maximum absolute atomic E-state index is 10.2. The molecule has 0 fully saturated rings. The normalized spacial score (nSPS) is 9.30. The minimum atomic E-state index is -0.487. The molecule has 4 heteroatoms. The highest BCUT2D eigenvalue weighted by Gasteiger charge is 2.07. The number of rotatable bonds is 1. The Kier molecular flexibility index (Phi) is 1.91. The van der Waals surface area contributed by atoms with Gasteiger partial charge in [-0.2, -0.15) is 0 Å². The highest BCUT2D eigenvalue weighted by atomic mass is 32.1. The summed E-state index contributed by atoms with van der Waals surface area (Å²) in [6.07, 6.45) is 0. The number of hydrogen-bond acceptors (Lipinski definition) is 3. The van der Waals surface area contributed by atoms with Crippen molar-refractivity contribution < 1.29 is 4.92 Å². The van der Waals surface area contributed by atoms with E-state index in [9.17, 15) is 10.1 Å². The van der Waals surface area contributed by atoms with Gasteiger partial charge in [-0.3, -0.25) is 10.1 Å². The summed E-state index contributed by atoms with van der Waals surface area (Å²) in [6.45, 7) is 0. The molecule has 0 unspecified atom stereocenters. The molecule has 1 aromatic carbocycles. The predicted octanol–water partition coefficient (Wildman–Crippen LogP) is 1.68. The number of nitro benzene ring substituents is 1. The van der Waals surface area contributed by atoms with Crippen LogP contribution in [-0.4, -0.2) is 4.92 Å². The average molecular weight is 154 g/mol. The molecule has 51 valence electrons. The molecule has 0 N–H and O–H groups in total. The van der Waals surface area contributed by atoms with E-state index in [4.69, 9.17) is 0 Å². The third-order valence-electron chi connectivity index (χ3n) is 1.01. The summed E-state index contributed by atoms with van der Waals surface area (Å²) in [4.78, 5) is 9.94. The van der Waals surface area contributed by atoms with Gasteiger partial charge in [0.05, 0.1) is 9.82 Å². The first-order valence-corrected chi connectivity index (χ1v) is 3.00. The molecular weight excluding hydrogens is 150 g/mol. The van der Waals surface area contributed by atoms with E-state index in [1.807, 2.05) is 0 Å². The minimum absolute atomic E-state index is 0.00849. The second-order valence-electron chi connectivity index (χ2n) is 1.66. The summed E-state index contributed by atoms with van der Waals surface area (Å²) in [5.41, 5.74) is -0.00849. The lowest BCUT2D eigenvalue weighted by Crippen LogP contribution is -1.87. The molecule has 1 rings (SSSR count). The Morgan fingerprint density at radius 2 is 2.40 bits per heavy atom. The molecule has 0 amide bonds. The van der Waals surface area contributed by atoms with E-state index >= 15 is 0 Å². The van der Waals surface area contributed by atoms with Gasteiger partial charge >= 0.3 is 0 Å². The first-order chi connectivity index (χ1) is 4.72. The Balaban J connectivity index is 3.15. The van der Waals surface area contributed by atoms with Crippen molar-refractivity contribution in [3.63, 3.8) is 0 Å². The van der Waals surface area contributed by atoms with Gasteiger partial charge in [0, 0.05) is 12.1 Å². The van der Waals surface area contributed by atoms with Crippen LogP contribution in [-0.2, 0) is 0 Å². The quantitative estimate of drug-likeness (QED) is 0.380. The van der Waals surface area contributed by atoms with Crippen LogP contribution >= 0.6 is 12.6 Å². The highest BCUT2D eigenvalue weighted by molar-refractivity contribution is 7.80. The van der Waals surface area contributed by atoms with E-state index in [1.165, 1.54) is 6.07 Å². The molecule has 1 radical (unpaired) electrons. The molecule has 0 saturated carbocycles. The van der Waals surface area contributed by atoms with E-state index in [1.54, 1.807) is 12.1 Å². The Labute approximate surface area is 63.2 Å². The SMILES string of the molecule is O=[N+]([O-])c1ccc[c]c1S. The van der Waals surface area contributed by atoms with E-state index in [-0.39, 0.29) is 10.6 Å². The van der Waals surface area contributed by atoms with Crippen molar-refractivity contribution in [1.29, 1.82) is 0 Å². The van der Waals surface area contributed by atoms with Gasteiger partial charge in [-0.05, 0) is 0 Å². The Hall–Kier alpha value is -1.03. The first-order valence-electron chi connectivity index (χ1n) is 2.56. The number of benzene rings is 1. The Morgan fingerprint density at radius 3 is 2.80 bits per heavy atom. The smallest absolute Gasteiger partial charge is 0.258 e. The minimum Gasteiger partial charge on any atom is -0.258 e. The molecule has 3 nitrogen and oxygen atoms in total. The van der Waals surface area contributed by atoms with Crippen LogP contribution in [0.15, 0.2) is 23.1 Å². The second-order valence-corrected chi connectivity index (χ2v) is 2.11. The summed E-state index contributed by atoms with van der Waals surface area (Å²) < 4.78 is 0. The van der Waals surface area contributed by atoms with E-state index in [2.05, 4.69) is 18.7 Å². The molecule has 0 aliphatic rings. The number of thiol groups is 1. The maximum atomic E-state index is 10.2. The van der Waals surface area contributed by atoms with Crippen molar-refractivity contribution in [2.75, 3.05) is 0 Å². The zero-order chi connectivity index (χ0) is 7.56. The van der Waals surface area contributed by atoms with Crippen LogP contribution in [0, 0.1) is 16.2 Å². The van der Waals surface area contributed by atoms with Crippen LogP contribution < -0.4 is 0 Å². The molecule has 10 heavy (non-hydrogen) atoms. The van der Waals surface area contributed by atoms with E-state index < -0.39 is 4.92 Å². The molecule has 0 spiro atoms. The van der Waals surface area contributed by atoms with Crippen LogP contribution in [0.25, 0.3) is 0 Å². The molecule has 1 aromatic rings. The number of nitrogens with zero attached hydrogens (tertiary/aromatic N) is 1. The standard InChI is InChI=1S/C6H4NO2S/c8-7(9)5-3-1-2-4-6(5)10/h1-3,10H. The molecule has 0 heterocycles. The maximum Gasteiger partial charge on any atom is 0.283 e. The zero-order valence-electron chi connectivity index (χ0n) is 4.94. The summed E-state index contributed by atoms with van der Waals surface area (Å²) in [5.74, 6) is 0. The van der Waals surface area contributed by atoms with E-state index in [0.29, 0.717) is 0 Å². The lowest BCUT2D eigenvalue weighted by atomic mass is 10.3. The number of hydrogen-bond donors (Lipinski definition) is 1. The van der Waals surface area contributed by atoms with Gasteiger partial charge in [0.1, 0.15) is 0 Å². The van der Waals surface area contributed by atoms with Gasteiger partial charge in [-0.1, -0.05) is 12.1 Å². The monoisotopic (exact) mass is 154 g/mol. The van der Waals surface area contributed by atoms with Gasteiger partial charge in [0.15, 0.2) is 0 Å². The summed E-state index contributed by atoms with van der Waals surface area (Å²) in [6, 6.07) is 7.12. The fourth-order valence-corrected chi connectivity index (χ4v) is 0.797. The van der Waals surface area contributed by atoms with Gasteiger partial charge in [0.2, 0.25) is 0 Å². The fourth-order valence-electron chi connectivity index (χ4n) is 0.567. The topological polar surface area (TPSA) is 43.1 Å². The molecule has 0 saturated heterocycles. The van der Waals surface area contributed by atoms with Crippen LogP contribution in [0.1, 0.15) is 0 Å². The van der Waals surface area contributed by atoms with Crippen molar-refractivity contribution in [1.82, 2.24) is 0 Å². The lowest BCUT2D eigenvalue weighted by Gasteiger charge is -1.91. The molecule has 0 atom stereocenters. The largest absolute Gasteiger partial charge is 0.283 e. The number of nitro groups is 1. The van der Waals surface area contributed by atoms with E-state index in [0.717, 1.165) is 0 Å². The van der Waals surface area contributed by atoms with Crippen LogP contribution in [0.3, 0.4) is 0 Å². The Morgan fingerprint density at radius 1 is 1.70 bits per heavy atom. The van der Waals surface area contributed by atoms with Crippen LogP contribution in [0.2, 0.25) is 0 Å². The fraction of sp³-hybridized carbons (Fsp3) is 0. The zero-order valence-corrected chi connectivity index (χ0v) is 5.84. The summed E-state index contributed by atoms with van der Waals surface area (Å²) >= 11 is 3.84. The summed E-state index contributed by atoms with van der Waals surface area (Å²) in [7, 11) is 0. The highest BCUT2D eigenvalue weighted by Crippen LogP contribution is 2.19. The van der Waals surface area contributed by atoms with Crippen molar-refractivity contribution in [3.8, 4) is 0 Å². The predicted molar refractivity (Wildman–Crippen MR) is 39.2 cm³/mol. The lowest BCUT2D eigenvalue weighted by molar-refractivity contribution is -0.387. The molecule has 0 aliphatic carbocycles. The van der Waals surface area contributed by atoms with Crippen molar-refractivity contribution >= 4 is 18.3 Å². The van der Waals surface area contributed by atoms with Crippen LogP contribution in [0.5, 0.6) is 0 Å². The third kappa shape index (κ3) is 1.27. The summed E-state index contributed by atoms with van der Waals surface area (Å²) in [5, 5.41) is 10.2. The van der Waals surface area contributed by atoms with Crippen molar-refractivity contribution in [3.05, 3.63) is 34.4 Å². The Bertz CT molecular complexity index is 262.